The second-order valence-electron chi connectivity index (χ2n) is 6.86. The van der Waals surface area contributed by atoms with Crippen LogP contribution in [0.2, 0.25) is 0 Å². The van der Waals surface area contributed by atoms with Crippen molar-refractivity contribution in [1.29, 1.82) is 5.26 Å². The standard InChI is InChI=1S/C22H21N3O2S/c23-15-16-6-5-9-18(14-16)27-12-13-28-22-24-20-11-4-3-10-19(20)21(26)25(22)17-7-1-2-8-17/h3-6,9-11,14,17H,1-2,7-8,12-13H2. The maximum Gasteiger partial charge on any atom is 0.262 e. The van der Waals surface area contributed by atoms with Crippen molar-refractivity contribution < 1.29 is 4.74 Å². The van der Waals surface area contributed by atoms with Gasteiger partial charge in [-0.05, 0) is 43.2 Å². The van der Waals surface area contributed by atoms with E-state index in [9.17, 15) is 4.79 Å². The summed E-state index contributed by atoms with van der Waals surface area (Å²) < 4.78 is 7.67. The van der Waals surface area contributed by atoms with Crippen molar-refractivity contribution >= 4 is 22.7 Å². The average Bonchev–Trinajstić information content (AvgIpc) is 3.26. The predicted molar refractivity (Wildman–Crippen MR) is 111 cm³/mol. The average molecular weight is 391 g/mol. The third kappa shape index (κ3) is 3.90. The lowest BCUT2D eigenvalue weighted by Gasteiger charge is -2.18. The van der Waals surface area contributed by atoms with Crippen molar-refractivity contribution in [2.75, 3.05) is 12.4 Å². The van der Waals surface area contributed by atoms with Gasteiger partial charge in [0.1, 0.15) is 5.75 Å². The summed E-state index contributed by atoms with van der Waals surface area (Å²) in [7, 11) is 0. The summed E-state index contributed by atoms with van der Waals surface area (Å²) in [6.45, 7) is 0.479. The lowest BCUT2D eigenvalue weighted by molar-refractivity contribution is 0.343. The van der Waals surface area contributed by atoms with E-state index in [0.29, 0.717) is 29.1 Å². The summed E-state index contributed by atoms with van der Waals surface area (Å²) in [6, 6.07) is 17.0. The van der Waals surface area contributed by atoms with Crippen LogP contribution in [0.25, 0.3) is 10.9 Å². The highest BCUT2D eigenvalue weighted by molar-refractivity contribution is 7.99. The number of aromatic nitrogens is 2. The minimum atomic E-state index is 0.0580. The molecule has 0 saturated heterocycles. The second kappa shape index (κ2) is 8.49. The number of nitriles is 1. The maximum atomic E-state index is 13.1. The Morgan fingerprint density at radius 2 is 2.00 bits per heavy atom. The number of hydrogen-bond acceptors (Lipinski definition) is 5. The molecular weight excluding hydrogens is 370 g/mol. The molecule has 3 aromatic rings. The molecule has 0 atom stereocenters. The van der Waals surface area contributed by atoms with Gasteiger partial charge in [-0.3, -0.25) is 9.36 Å². The van der Waals surface area contributed by atoms with Crippen LogP contribution in [0.5, 0.6) is 5.75 Å². The Bertz CT molecular complexity index is 1080. The molecule has 0 aliphatic heterocycles. The number of nitrogens with zero attached hydrogens (tertiary/aromatic N) is 3. The van der Waals surface area contributed by atoms with Gasteiger partial charge in [0.2, 0.25) is 0 Å². The number of ether oxygens (including phenoxy) is 1. The molecule has 0 radical (unpaired) electrons. The summed E-state index contributed by atoms with van der Waals surface area (Å²) in [4.78, 5) is 17.9. The van der Waals surface area contributed by atoms with E-state index in [0.717, 1.165) is 36.4 Å². The molecule has 5 nitrogen and oxygen atoms in total. The predicted octanol–water partition coefficient (Wildman–Crippen LogP) is 4.55. The molecule has 0 amide bonds. The van der Waals surface area contributed by atoms with Crippen LogP contribution in [0.3, 0.4) is 0 Å². The van der Waals surface area contributed by atoms with Gasteiger partial charge in [0.05, 0.1) is 29.1 Å². The SMILES string of the molecule is N#Cc1cccc(OCCSc2nc3ccccc3c(=O)n2C2CCCC2)c1. The van der Waals surface area contributed by atoms with Crippen LogP contribution in [-0.4, -0.2) is 21.9 Å². The molecule has 1 aromatic heterocycles. The fourth-order valence-electron chi connectivity index (χ4n) is 3.66. The first-order chi connectivity index (χ1) is 13.8. The molecule has 6 heteroatoms. The molecular formula is C22H21N3O2S. The Kier molecular flexibility index (Phi) is 5.63. The first-order valence-electron chi connectivity index (χ1n) is 9.53. The van der Waals surface area contributed by atoms with Crippen LogP contribution in [0.4, 0.5) is 0 Å². The molecule has 0 spiro atoms. The largest absolute Gasteiger partial charge is 0.493 e. The van der Waals surface area contributed by atoms with Crippen LogP contribution in [-0.2, 0) is 0 Å². The Balaban J connectivity index is 1.53. The van der Waals surface area contributed by atoms with Gasteiger partial charge in [-0.1, -0.05) is 42.8 Å². The highest BCUT2D eigenvalue weighted by Crippen LogP contribution is 2.32. The minimum absolute atomic E-state index is 0.0580. The fraction of sp³-hybridized carbons (Fsp3) is 0.318. The zero-order valence-electron chi connectivity index (χ0n) is 15.5. The third-order valence-electron chi connectivity index (χ3n) is 5.01. The Labute approximate surface area is 168 Å². The monoisotopic (exact) mass is 391 g/mol. The second-order valence-corrected chi connectivity index (χ2v) is 7.92. The van der Waals surface area contributed by atoms with Crippen molar-refractivity contribution in [2.24, 2.45) is 0 Å². The molecule has 4 rings (SSSR count). The third-order valence-corrected chi connectivity index (χ3v) is 5.93. The summed E-state index contributed by atoms with van der Waals surface area (Å²) >= 11 is 1.55. The topological polar surface area (TPSA) is 67.9 Å². The zero-order valence-corrected chi connectivity index (χ0v) is 16.3. The molecule has 28 heavy (non-hydrogen) atoms. The number of rotatable bonds is 6. The van der Waals surface area contributed by atoms with Gasteiger partial charge < -0.3 is 4.74 Å². The number of para-hydroxylation sites is 1. The first kappa shape index (κ1) is 18.6. The van der Waals surface area contributed by atoms with E-state index in [1.807, 2.05) is 41.0 Å². The quantitative estimate of drug-likeness (QED) is 0.350. The molecule has 0 N–H and O–H groups in total. The molecule has 0 bridgehead atoms. The van der Waals surface area contributed by atoms with Crippen molar-refractivity contribution in [3.05, 3.63) is 64.4 Å². The van der Waals surface area contributed by atoms with Crippen LogP contribution in [0.1, 0.15) is 37.3 Å². The zero-order chi connectivity index (χ0) is 19.3. The van der Waals surface area contributed by atoms with Crippen molar-refractivity contribution in [3.63, 3.8) is 0 Å². The van der Waals surface area contributed by atoms with Gasteiger partial charge in [0.25, 0.3) is 5.56 Å². The van der Waals surface area contributed by atoms with Gasteiger partial charge >= 0.3 is 0 Å². The van der Waals surface area contributed by atoms with E-state index < -0.39 is 0 Å². The van der Waals surface area contributed by atoms with E-state index in [4.69, 9.17) is 15.0 Å². The summed E-state index contributed by atoms with van der Waals surface area (Å²) in [6.07, 6.45) is 4.38. The lowest BCUT2D eigenvalue weighted by atomic mass is 10.2. The first-order valence-corrected chi connectivity index (χ1v) is 10.5. The van der Waals surface area contributed by atoms with Crippen molar-refractivity contribution in [1.82, 2.24) is 9.55 Å². The lowest BCUT2D eigenvalue weighted by Crippen LogP contribution is -2.26. The molecule has 1 fully saturated rings. The molecule has 1 aliphatic carbocycles. The van der Waals surface area contributed by atoms with Crippen LogP contribution >= 0.6 is 11.8 Å². The number of fused-ring (bicyclic) bond motifs is 1. The van der Waals surface area contributed by atoms with E-state index in [1.165, 1.54) is 0 Å². The smallest absolute Gasteiger partial charge is 0.262 e. The molecule has 1 aliphatic rings. The highest BCUT2D eigenvalue weighted by Gasteiger charge is 2.22. The summed E-state index contributed by atoms with van der Waals surface area (Å²) in [5.74, 6) is 1.35. The van der Waals surface area contributed by atoms with Crippen molar-refractivity contribution in [2.45, 2.75) is 36.9 Å². The van der Waals surface area contributed by atoms with Gasteiger partial charge in [0.15, 0.2) is 5.16 Å². The van der Waals surface area contributed by atoms with Gasteiger partial charge in [-0.15, -0.1) is 0 Å². The Morgan fingerprint density at radius 1 is 1.18 bits per heavy atom. The Morgan fingerprint density at radius 3 is 2.82 bits per heavy atom. The molecule has 142 valence electrons. The van der Waals surface area contributed by atoms with Crippen molar-refractivity contribution in [3.8, 4) is 11.8 Å². The number of benzene rings is 2. The molecule has 1 heterocycles. The van der Waals surface area contributed by atoms with Crippen LogP contribution < -0.4 is 10.3 Å². The van der Waals surface area contributed by atoms with E-state index in [-0.39, 0.29) is 11.6 Å². The van der Waals surface area contributed by atoms with Crippen LogP contribution in [0, 0.1) is 11.3 Å². The molecule has 0 unspecified atom stereocenters. The van der Waals surface area contributed by atoms with Gasteiger partial charge in [-0.25, -0.2) is 4.98 Å². The van der Waals surface area contributed by atoms with E-state index >= 15 is 0 Å². The number of thioether (sulfide) groups is 1. The van der Waals surface area contributed by atoms with Gasteiger partial charge in [0, 0.05) is 11.8 Å². The number of hydrogen-bond donors (Lipinski definition) is 0. The Hall–Kier alpha value is -2.78. The normalized spacial score (nSPS) is 14.2. The maximum absolute atomic E-state index is 13.1. The van der Waals surface area contributed by atoms with Gasteiger partial charge in [-0.2, -0.15) is 5.26 Å². The summed E-state index contributed by atoms with van der Waals surface area (Å²) in [5.41, 5.74) is 1.38. The minimum Gasteiger partial charge on any atom is -0.493 e. The van der Waals surface area contributed by atoms with E-state index in [2.05, 4.69) is 6.07 Å². The van der Waals surface area contributed by atoms with E-state index in [1.54, 1.807) is 23.9 Å². The summed E-state index contributed by atoms with van der Waals surface area (Å²) in [5, 5.41) is 10.4. The highest BCUT2D eigenvalue weighted by atomic mass is 32.2. The molecule has 1 saturated carbocycles. The molecule has 2 aromatic carbocycles. The van der Waals surface area contributed by atoms with Crippen LogP contribution in [0.15, 0.2) is 58.5 Å². The fourth-order valence-corrected chi connectivity index (χ4v) is 4.54.